The number of carbonyl (C=O) groups excluding carboxylic acids is 2. The summed E-state index contributed by atoms with van der Waals surface area (Å²) < 4.78 is 4.64. The van der Waals surface area contributed by atoms with Crippen LogP contribution in [0.25, 0.3) is 6.08 Å². The SMILES string of the molecule is COC(=O)/C(=C/c1cccc([N+](=O)[O-])c1)NC(=O)c1ccccc1. The second-order valence-electron chi connectivity index (χ2n) is 4.72. The first-order chi connectivity index (χ1) is 11.5. The fraction of sp³-hybridized carbons (Fsp3) is 0.0588. The molecule has 122 valence electrons. The molecule has 2 aromatic rings. The van der Waals surface area contributed by atoms with Crippen molar-refractivity contribution >= 4 is 23.6 Å². The molecular formula is C17H14N2O5. The Kier molecular flexibility index (Phi) is 5.40. The number of methoxy groups -OCH3 is 1. The molecule has 24 heavy (non-hydrogen) atoms. The van der Waals surface area contributed by atoms with Gasteiger partial charge in [-0.05, 0) is 23.8 Å². The molecule has 0 bridgehead atoms. The molecule has 0 unspecified atom stereocenters. The van der Waals surface area contributed by atoms with E-state index in [0.29, 0.717) is 11.1 Å². The Bertz CT molecular complexity index is 800. The molecule has 0 aliphatic carbocycles. The minimum absolute atomic E-state index is 0.119. The van der Waals surface area contributed by atoms with E-state index in [-0.39, 0.29) is 11.4 Å². The molecule has 1 N–H and O–H groups in total. The third kappa shape index (κ3) is 4.26. The minimum Gasteiger partial charge on any atom is -0.464 e. The topological polar surface area (TPSA) is 98.5 Å². The van der Waals surface area contributed by atoms with Crippen LogP contribution >= 0.6 is 0 Å². The smallest absolute Gasteiger partial charge is 0.354 e. The van der Waals surface area contributed by atoms with E-state index in [4.69, 9.17) is 0 Å². The van der Waals surface area contributed by atoms with Crippen molar-refractivity contribution < 1.29 is 19.2 Å². The molecule has 0 aliphatic rings. The van der Waals surface area contributed by atoms with Crippen molar-refractivity contribution in [2.75, 3.05) is 7.11 Å². The third-order valence-corrected chi connectivity index (χ3v) is 3.08. The van der Waals surface area contributed by atoms with Crippen molar-refractivity contribution in [2.24, 2.45) is 0 Å². The highest BCUT2D eigenvalue weighted by atomic mass is 16.6. The van der Waals surface area contributed by atoms with Gasteiger partial charge < -0.3 is 10.1 Å². The zero-order valence-corrected chi connectivity index (χ0v) is 12.8. The average molecular weight is 326 g/mol. The van der Waals surface area contributed by atoms with E-state index in [0.717, 1.165) is 0 Å². The van der Waals surface area contributed by atoms with E-state index in [1.54, 1.807) is 36.4 Å². The van der Waals surface area contributed by atoms with Crippen LogP contribution in [-0.2, 0) is 9.53 Å². The second kappa shape index (κ2) is 7.68. The van der Waals surface area contributed by atoms with Crippen molar-refractivity contribution in [1.29, 1.82) is 0 Å². The number of amides is 1. The van der Waals surface area contributed by atoms with Crippen molar-refractivity contribution in [2.45, 2.75) is 0 Å². The summed E-state index contributed by atoms with van der Waals surface area (Å²) in [7, 11) is 1.18. The number of nitrogens with one attached hydrogen (secondary N) is 1. The Hall–Kier alpha value is -3.48. The molecule has 0 saturated carbocycles. The van der Waals surface area contributed by atoms with Gasteiger partial charge in [-0.1, -0.05) is 30.3 Å². The maximum absolute atomic E-state index is 12.2. The van der Waals surface area contributed by atoms with Crippen LogP contribution in [-0.4, -0.2) is 23.9 Å². The number of nitrogens with zero attached hydrogens (tertiary/aromatic N) is 1. The number of ether oxygens (including phenoxy) is 1. The number of nitro benzene ring substituents is 1. The Balaban J connectivity index is 2.31. The lowest BCUT2D eigenvalue weighted by molar-refractivity contribution is -0.384. The van der Waals surface area contributed by atoms with Gasteiger partial charge in [-0.2, -0.15) is 0 Å². The van der Waals surface area contributed by atoms with Crippen LogP contribution in [0.2, 0.25) is 0 Å². The highest BCUT2D eigenvalue weighted by molar-refractivity contribution is 6.03. The third-order valence-electron chi connectivity index (χ3n) is 3.08. The molecule has 1 amide bonds. The van der Waals surface area contributed by atoms with Crippen LogP contribution in [0.5, 0.6) is 0 Å². The highest BCUT2D eigenvalue weighted by Gasteiger charge is 2.15. The number of benzene rings is 2. The standard InChI is InChI=1S/C17H14N2O5/c1-24-17(21)15(18-16(20)13-7-3-2-4-8-13)11-12-6-5-9-14(10-12)19(22)23/h2-11H,1H3,(H,18,20)/b15-11-. The summed E-state index contributed by atoms with van der Waals surface area (Å²) in [5, 5.41) is 13.3. The minimum atomic E-state index is -0.759. The Morgan fingerprint density at radius 1 is 1.12 bits per heavy atom. The predicted molar refractivity (Wildman–Crippen MR) is 87.0 cm³/mol. The first-order valence-corrected chi connectivity index (χ1v) is 6.92. The molecule has 0 aromatic heterocycles. The van der Waals surface area contributed by atoms with Gasteiger partial charge in [0.15, 0.2) is 0 Å². The monoisotopic (exact) mass is 326 g/mol. The lowest BCUT2D eigenvalue weighted by Crippen LogP contribution is -2.28. The number of hydrogen-bond acceptors (Lipinski definition) is 5. The Morgan fingerprint density at radius 2 is 1.83 bits per heavy atom. The van der Waals surface area contributed by atoms with Crippen LogP contribution in [0.15, 0.2) is 60.3 Å². The number of hydrogen-bond donors (Lipinski definition) is 1. The van der Waals surface area contributed by atoms with Gasteiger partial charge in [0.1, 0.15) is 5.70 Å². The summed E-state index contributed by atoms with van der Waals surface area (Å²) in [6, 6.07) is 14.0. The van der Waals surface area contributed by atoms with Gasteiger partial charge >= 0.3 is 5.97 Å². The van der Waals surface area contributed by atoms with Crippen LogP contribution in [0.4, 0.5) is 5.69 Å². The molecule has 0 saturated heterocycles. The van der Waals surface area contributed by atoms with E-state index in [2.05, 4.69) is 10.1 Å². The van der Waals surface area contributed by atoms with Crippen LogP contribution in [0.3, 0.4) is 0 Å². The summed E-state index contributed by atoms with van der Waals surface area (Å²) in [6.07, 6.45) is 1.32. The summed E-state index contributed by atoms with van der Waals surface area (Å²) in [5.41, 5.74) is 0.513. The summed E-state index contributed by atoms with van der Waals surface area (Å²) >= 11 is 0. The van der Waals surface area contributed by atoms with Crippen molar-refractivity contribution in [3.63, 3.8) is 0 Å². The molecule has 0 spiro atoms. The number of esters is 1. The molecule has 2 aromatic carbocycles. The largest absolute Gasteiger partial charge is 0.464 e. The molecule has 7 heteroatoms. The highest BCUT2D eigenvalue weighted by Crippen LogP contribution is 2.16. The van der Waals surface area contributed by atoms with Crippen molar-refractivity contribution in [3.8, 4) is 0 Å². The molecule has 7 nitrogen and oxygen atoms in total. The van der Waals surface area contributed by atoms with E-state index in [1.807, 2.05) is 0 Å². The summed E-state index contributed by atoms with van der Waals surface area (Å²) in [6.45, 7) is 0. The quantitative estimate of drug-likeness (QED) is 0.394. The first kappa shape index (κ1) is 16.9. The molecule has 0 heterocycles. The number of carbonyl (C=O) groups is 2. The number of nitro groups is 1. The zero-order chi connectivity index (χ0) is 17.5. The summed E-state index contributed by atoms with van der Waals surface area (Å²) in [4.78, 5) is 34.3. The van der Waals surface area contributed by atoms with E-state index in [1.165, 1.54) is 31.4 Å². The van der Waals surface area contributed by atoms with Gasteiger partial charge in [-0.3, -0.25) is 14.9 Å². The predicted octanol–water partition coefficient (Wildman–Crippen LogP) is 2.54. The maximum atomic E-state index is 12.2. The molecule has 2 rings (SSSR count). The Labute approximate surface area is 137 Å². The summed E-state index contributed by atoms with van der Waals surface area (Å²) in [5.74, 6) is -1.25. The van der Waals surface area contributed by atoms with Gasteiger partial charge in [0.2, 0.25) is 0 Å². The van der Waals surface area contributed by atoms with E-state index < -0.39 is 16.8 Å². The number of non-ortho nitro benzene ring substituents is 1. The van der Waals surface area contributed by atoms with Gasteiger partial charge in [0.25, 0.3) is 11.6 Å². The number of rotatable bonds is 5. The molecule has 0 fully saturated rings. The van der Waals surface area contributed by atoms with Crippen LogP contribution in [0.1, 0.15) is 15.9 Å². The first-order valence-electron chi connectivity index (χ1n) is 6.92. The Morgan fingerprint density at radius 3 is 2.46 bits per heavy atom. The molecule has 0 aliphatic heterocycles. The van der Waals surface area contributed by atoms with Crippen LogP contribution < -0.4 is 5.32 Å². The van der Waals surface area contributed by atoms with Crippen molar-refractivity contribution in [3.05, 3.63) is 81.5 Å². The van der Waals surface area contributed by atoms with E-state index in [9.17, 15) is 19.7 Å². The van der Waals surface area contributed by atoms with Crippen molar-refractivity contribution in [1.82, 2.24) is 5.32 Å². The van der Waals surface area contributed by atoms with Gasteiger partial charge in [-0.25, -0.2) is 4.79 Å². The molecular weight excluding hydrogens is 312 g/mol. The van der Waals surface area contributed by atoms with Gasteiger partial charge in [-0.15, -0.1) is 0 Å². The fourth-order valence-corrected chi connectivity index (χ4v) is 1.93. The maximum Gasteiger partial charge on any atom is 0.354 e. The normalized spacial score (nSPS) is 10.8. The fourth-order valence-electron chi connectivity index (χ4n) is 1.93. The van der Waals surface area contributed by atoms with Gasteiger partial charge in [0, 0.05) is 17.7 Å². The zero-order valence-electron chi connectivity index (χ0n) is 12.8. The van der Waals surface area contributed by atoms with Crippen LogP contribution in [0, 0.1) is 10.1 Å². The van der Waals surface area contributed by atoms with E-state index >= 15 is 0 Å². The lowest BCUT2D eigenvalue weighted by Gasteiger charge is -2.08. The van der Waals surface area contributed by atoms with Gasteiger partial charge in [0.05, 0.1) is 12.0 Å². The average Bonchev–Trinajstić information content (AvgIpc) is 2.61. The second-order valence-corrected chi connectivity index (χ2v) is 4.72. The molecule has 0 radical (unpaired) electrons. The molecule has 0 atom stereocenters. The lowest BCUT2D eigenvalue weighted by atomic mass is 10.1.